The minimum atomic E-state index is 0.300. The van der Waals surface area contributed by atoms with Gasteiger partial charge in [0, 0.05) is 12.1 Å². The molecular formula is C12H14N2O4. The van der Waals surface area contributed by atoms with Crippen molar-refractivity contribution in [2.24, 2.45) is 0 Å². The Balaban J connectivity index is 2.63. The average Bonchev–Trinajstić information content (AvgIpc) is 2.83. The minimum absolute atomic E-state index is 0.300. The third-order valence-corrected chi connectivity index (χ3v) is 2.48. The van der Waals surface area contributed by atoms with E-state index in [9.17, 15) is 0 Å². The Morgan fingerprint density at radius 2 is 1.83 bits per heavy atom. The van der Waals surface area contributed by atoms with E-state index in [4.69, 9.17) is 24.5 Å². The lowest BCUT2D eigenvalue weighted by Crippen LogP contribution is -1.95. The zero-order valence-corrected chi connectivity index (χ0v) is 10.4. The SMILES string of the molecule is COc1cc(OC)c(OC)c(-c2cc(N)no2)c1. The number of hydrogen-bond acceptors (Lipinski definition) is 6. The Kier molecular flexibility index (Phi) is 3.27. The quantitative estimate of drug-likeness (QED) is 0.893. The predicted octanol–water partition coefficient (Wildman–Crippen LogP) is 1.95. The Morgan fingerprint density at radius 3 is 2.33 bits per heavy atom. The van der Waals surface area contributed by atoms with Gasteiger partial charge in [-0.1, -0.05) is 5.16 Å². The van der Waals surface area contributed by atoms with Crippen LogP contribution in [0.5, 0.6) is 17.2 Å². The molecule has 0 spiro atoms. The Bertz CT molecular complexity index is 551. The van der Waals surface area contributed by atoms with E-state index in [2.05, 4.69) is 5.16 Å². The lowest BCUT2D eigenvalue weighted by molar-refractivity contribution is 0.348. The largest absolute Gasteiger partial charge is 0.497 e. The molecule has 96 valence electrons. The van der Waals surface area contributed by atoms with E-state index >= 15 is 0 Å². The van der Waals surface area contributed by atoms with Crippen LogP contribution in [-0.2, 0) is 0 Å². The molecule has 2 rings (SSSR count). The van der Waals surface area contributed by atoms with Crippen molar-refractivity contribution >= 4 is 5.82 Å². The second-order valence-electron chi connectivity index (χ2n) is 3.53. The molecule has 0 unspecified atom stereocenters. The highest BCUT2D eigenvalue weighted by Gasteiger charge is 2.17. The fourth-order valence-corrected chi connectivity index (χ4v) is 1.66. The first-order valence-electron chi connectivity index (χ1n) is 5.22. The van der Waals surface area contributed by atoms with Gasteiger partial charge in [0.25, 0.3) is 0 Å². The lowest BCUT2D eigenvalue weighted by atomic mass is 10.1. The fourth-order valence-electron chi connectivity index (χ4n) is 1.66. The molecular weight excluding hydrogens is 236 g/mol. The molecule has 0 radical (unpaired) electrons. The van der Waals surface area contributed by atoms with Crippen LogP contribution in [-0.4, -0.2) is 26.5 Å². The number of ether oxygens (including phenoxy) is 3. The van der Waals surface area contributed by atoms with Gasteiger partial charge in [0.15, 0.2) is 23.1 Å². The van der Waals surface area contributed by atoms with E-state index in [0.717, 1.165) is 0 Å². The topological polar surface area (TPSA) is 79.7 Å². The average molecular weight is 250 g/mol. The molecule has 0 aliphatic heterocycles. The van der Waals surface area contributed by atoms with Crippen molar-refractivity contribution in [3.63, 3.8) is 0 Å². The van der Waals surface area contributed by atoms with Crippen LogP contribution in [0.15, 0.2) is 22.7 Å². The summed E-state index contributed by atoms with van der Waals surface area (Å²) < 4.78 is 20.9. The summed E-state index contributed by atoms with van der Waals surface area (Å²) in [6.45, 7) is 0. The third kappa shape index (κ3) is 2.04. The first-order chi connectivity index (χ1) is 8.69. The summed E-state index contributed by atoms with van der Waals surface area (Å²) >= 11 is 0. The second-order valence-corrected chi connectivity index (χ2v) is 3.53. The van der Waals surface area contributed by atoms with Gasteiger partial charge in [0.2, 0.25) is 0 Å². The van der Waals surface area contributed by atoms with Crippen LogP contribution in [0.3, 0.4) is 0 Å². The molecule has 0 fully saturated rings. The van der Waals surface area contributed by atoms with E-state index in [1.807, 2.05) is 0 Å². The zero-order chi connectivity index (χ0) is 13.1. The summed E-state index contributed by atoms with van der Waals surface area (Å²) in [4.78, 5) is 0. The summed E-state index contributed by atoms with van der Waals surface area (Å²) in [5.74, 6) is 2.49. The Hall–Kier alpha value is -2.37. The van der Waals surface area contributed by atoms with Gasteiger partial charge in [-0.05, 0) is 6.07 Å². The maximum atomic E-state index is 5.54. The molecule has 0 bridgehead atoms. The van der Waals surface area contributed by atoms with Crippen LogP contribution >= 0.6 is 0 Å². The van der Waals surface area contributed by atoms with Gasteiger partial charge in [-0.15, -0.1) is 0 Å². The number of hydrogen-bond donors (Lipinski definition) is 1. The van der Waals surface area contributed by atoms with Crippen LogP contribution in [0.25, 0.3) is 11.3 Å². The van der Waals surface area contributed by atoms with E-state index in [1.54, 1.807) is 39.5 Å². The van der Waals surface area contributed by atoms with E-state index in [-0.39, 0.29) is 0 Å². The van der Waals surface area contributed by atoms with Crippen LogP contribution in [0.1, 0.15) is 0 Å². The monoisotopic (exact) mass is 250 g/mol. The molecule has 0 saturated heterocycles. The highest BCUT2D eigenvalue weighted by atomic mass is 16.5. The summed E-state index contributed by atoms with van der Waals surface area (Å²) in [7, 11) is 4.67. The van der Waals surface area contributed by atoms with Crippen molar-refractivity contribution in [3.05, 3.63) is 18.2 Å². The van der Waals surface area contributed by atoms with Gasteiger partial charge in [0.1, 0.15) is 5.75 Å². The van der Waals surface area contributed by atoms with Crippen molar-refractivity contribution in [1.29, 1.82) is 0 Å². The molecule has 2 aromatic rings. The molecule has 2 N–H and O–H groups in total. The lowest BCUT2D eigenvalue weighted by Gasteiger charge is -2.12. The number of nitrogens with two attached hydrogens (primary N) is 1. The van der Waals surface area contributed by atoms with Crippen LogP contribution in [0.4, 0.5) is 5.82 Å². The highest BCUT2D eigenvalue weighted by molar-refractivity contribution is 5.73. The number of aromatic nitrogens is 1. The molecule has 1 heterocycles. The van der Waals surface area contributed by atoms with Gasteiger partial charge in [0.05, 0.1) is 26.9 Å². The number of methoxy groups -OCH3 is 3. The van der Waals surface area contributed by atoms with Crippen molar-refractivity contribution in [2.45, 2.75) is 0 Å². The van der Waals surface area contributed by atoms with Gasteiger partial charge < -0.3 is 24.5 Å². The number of anilines is 1. The normalized spacial score (nSPS) is 10.2. The summed E-state index contributed by atoms with van der Waals surface area (Å²) in [6, 6.07) is 5.10. The number of benzene rings is 1. The molecule has 0 aliphatic rings. The highest BCUT2D eigenvalue weighted by Crippen LogP contribution is 2.41. The van der Waals surface area contributed by atoms with Crippen molar-refractivity contribution < 1.29 is 18.7 Å². The van der Waals surface area contributed by atoms with Crippen LogP contribution < -0.4 is 19.9 Å². The molecule has 1 aromatic carbocycles. The maximum absolute atomic E-state index is 5.54. The second kappa shape index (κ2) is 4.87. The van der Waals surface area contributed by atoms with Crippen molar-refractivity contribution in [2.75, 3.05) is 27.1 Å². The number of nitrogen functional groups attached to an aromatic ring is 1. The number of rotatable bonds is 4. The molecule has 18 heavy (non-hydrogen) atoms. The summed E-state index contributed by atoms with van der Waals surface area (Å²) in [5.41, 5.74) is 6.21. The molecule has 6 nitrogen and oxygen atoms in total. The van der Waals surface area contributed by atoms with Gasteiger partial charge in [-0.2, -0.15) is 0 Å². The van der Waals surface area contributed by atoms with E-state index in [0.29, 0.717) is 34.4 Å². The summed E-state index contributed by atoms with van der Waals surface area (Å²) in [5, 5.41) is 3.64. The molecule has 1 aromatic heterocycles. The first kappa shape index (κ1) is 12.1. The zero-order valence-electron chi connectivity index (χ0n) is 10.4. The van der Waals surface area contributed by atoms with Crippen molar-refractivity contribution in [3.8, 4) is 28.6 Å². The van der Waals surface area contributed by atoms with E-state index < -0.39 is 0 Å². The predicted molar refractivity (Wildman–Crippen MR) is 66.0 cm³/mol. The van der Waals surface area contributed by atoms with Gasteiger partial charge >= 0.3 is 0 Å². The molecule has 0 aliphatic carbocycles. The Labute approximate surface area is 104 Å². The first-order valence-corrected chi connectivity index (χ1v) is 5.22. The van der Waals surface area contributed by atoms with E-state index in [1.165, 1.54) is 0 Å². The van der Waals surface area contributed by atoms with Crippen molar-refractivity contribution in [1.82, 2.24) is 5.16 Å². The number of nitrogens with zero attached hydrogens (tertiary/aromatic N) is 1. The minimum Gasteiger partial charge on any atom is -0.497 e. The van der Waals surface area contributed by atoms with Crippen LogP contribution in [0.2, 0.25) is 0 Å². The van der Waals surface area contributed by atoms with Gasteiger partial charge in [-0.3, -0.25) is 0 Å². The molecule has 6 heteroatoms. The standard InChI is InChI=1S/C12H14N2O4/c1-15-7-4-8(9-6-11(13)14-18-9)12(17-3)10(5-7)16-2/h4-6H,1-3H3,(H2,13,14). The Morgan fingerprint density at radius 1 is 1.06 bits per heavy atom. The third-order valence-electron chi connectivity index (χ3n) is 2.48. The van der Waals surface area contributed by atoms with Crippen LogP contribution in [0, 0.1) is 0 Å². The fraction of sp³-hybridized carbons (Fsp3) is 0.250. The molecule has 0 saturated carbocycles. The molecule has 0 amide bonds. The summed E-state index contributed by atoms with van der Waals surface area (Å²) in [6.07, 6.45) is 0. The maximum Gasteiger partial charge on any atom is 0.173 e. The smallest absolute Gasteiger partial charge is 0.173 e. The van der Waals surface area contributed by atoms with Gasteiger partial charge in [-0.25, -0.2) is 0 Å². The molecule has 0 atom stereocenters.